The van der Waals surface area contributed by atoms with E-state index >= 15 is 0 Å². The van der Waals surface area contributed by atoms with Gasteiger partial charge in [0.2, 0.25) is 0 Å². The molecule has 4 aromatic rings. The zero-order valence-electron chi connectivity index (χ0n) is 23.1. The van der Waals surface area contributed by atoms with Crippen LogP contribution in [0, 0.1) is 20.8 Å². The number of carbonyl (C=O) groups is 1. The summed E-state index contributed by atoms with van der Waals surface area (Å²) >= 11 is 0. The predicted molar refractivity (Wildman–Crippen MR) is 158 cm³/mol. The molecular weight excluding hydrogens is 482 g/mol. The molecule has 0 unspecified atom stereocenters. The van der Waals surface area contributed by atoms with E-state index in [4.69, 9.17) is 0 Å². The largest absolute Gasteiger partial charge is 0.318 e. The molecule has 0 radical (unpaired) electrons. The smallest absolute Gasteiger partial charge is 0.271 e. The topological polar surface area (TPSA) is 52.9 Å². The molecule has 5 rings (SSSR count). The van der Waals surface area contributed by atoms with Crippen LogP contribution in [0.4, 0.5) is 0 Å². The number of hydrazone groups is 1. The number of rotatable bonds is 8. The Kier molecular flexibility index (Phi) is 8.35. The van der Waals surface area contributed by atoms with Crippen molar-refractivity contribution in [1.29, 1.82) is 0 Å². The maximum Gasteiger partial charge on any atom is 0.271 e. The highest BCUT2D eigenvalue weighted by atomic mass is 16.2. The molecule has 2 heterocycles. The van der Waals surface area contributed by atoms with Crippen molar-refractivity contribution < 1.29 is 4.79 Å². The minimum atomic E-state index is -0.208. The number of nitrogens with one attached hydrogen (secondary N) is 1. The van der Waals surface area contributed by atoms with Crippen LogP contribution >= 0.6 is 0 Å². The number of para-hydroxylation sites is 1. The molecule has 1 saturated heterocycles. The maximum atomic E-state index is 12.7. The number of aromatic nitrogens is 1. The van der Waals surface area contributed by atoms with Crippen LogP contribution in [0.1, 0.15) is 44.0 Å². The summed E-state index contributed by atoms with van der Waals surface area (Å²) in [7, 11) is 0. The molecule has 6 nitrogen and oxygen atoms in total. The van der Waals surface area contributed by atoms with Crippen LogP contribution in [0.5, 0.6) is 0 Å². The Labute approximate surface area is 231 Å². The van der Waals surface area contributed by atoms with Crippen molar-refractivity contribution in [3.8, 4) is 5.69 Å². The van der Waals surface area contributed by atoms with Gasteiger partial charge in [0.15, 0.2) is 0 Å². The molecule has 1 amide bonds. The second-order valence-electron chi connectivity index (χ2n) is 10.4. The first-order chi connectivity index (χ1) is 19.0. The van der Waals surface area contributed by atoms with E-state index in [9.17, 15) is 4.79 Å². The first kappa shape index (κ1) is 26.6. The van der Waals surface area contributed by atoms with Gasteiger partial charge >= 0.3 is 0 Å². The maximum absolute atomic E-state index is 12.7. The highest BCUT2D eigenvalue weighted by molar-refractivity contribution is 5.95. The minimum absolute atomic E-state index is 0.208. The van der Waals surface area contributed by atoms with Gasteiger partial charge in [-0.15, -0.1) is 0 Å². The zero-order valence-corrected chi connectivity index (χ0v) is 23.1. The van der Waals surface area contributed by atoms with E-state index in [2.05, 4.69) is 94.2 Å². The van der Waals surface area contributed by atoms with Crippen LogP contribution in [-0.2, 0) is 13.1 Å². The van der Waals surface area contributed by atoms with Crippen molar-refractivity contribution in [2.24, 2.45) is 5.10 Å². The Morgan fingerprint density at radius 2 is 1.38 bits per heavy atom. The molecule has 0 bridgehead atoms. The van der Waals surface area contributed by atoms with Gasteiger partial charge in [-0.05, 0) is 61.7 Å². The summed E-state index contributed by atoms with van der Waals surface area (Å²) < 4.78 is 2.22. The lowest BCUT2D eigenvalue weighted by Gasteiger charge is -2.34. The lowest BCUT2D eigenvalue weighted by atomic mass is 10.1. The Bertz CT molecular complexity index is 1430. The second-order valence-corrected chi connectivity index (χ2v) is 10.4. The van der Waals surface area contributed by atoms with E-state index in [1.165, 1.54) is 16.7 Å². The van der Waals surface area contributed by atoms with Gasteiger partial charge in [0.05, 0.1) is 6.21 Å². The molecule has 6 heteroatoms. The number of carbonyl (C=O) groups excluding carboxylic acids is 1. The summed E-state index contributed by atoms with van der Waals surface area (Å²) in [6, 6.07) is 28.9. The van der Waals surface area contributed by atoms with Crippen LogP contribution in [0.3, 0.4) is 0 Å². The molecule has 0 aliphatic carbocycles. The van der Waals surface area contributed by atoms with Gasteiger partial charge in [-0.1, -0.05) is 60.7 Å². The number of piperazine rings is 1. The van der Waals surface area contributed by atoms with Crippen LogP contribution in [0.25, 0.3) is 5.69 Å². The van der Waals surface area contributed by atoms with Gasteiger partial charge in [-0.2, -0.15) is 5.10 Å². The minimum Gasteiger partial charge on any atom is -0.318 e. The average Bonchev–Trinajstić information content (AvgIpc) is 3.23. The number of amides is 1. The quantitative estimate of drug-likeness (QED) is 0.248. The number of hydrogen-bond acceptors (Lipinski definition) is 4. The monoisotopic (exact) mass is 519 g/mol. The van der Waals surface area contributed by atoms with Crippen molar-refractivity contribution >= 4 is 12.1 Å². The molecule has 3 aromatic carbocycles. The van der Waals surface area contributed by atoms with E-state index < -0.39 is 0 Å². The molecule has 200 valence electrons. The first-order valence-corrected chi connectivity index (χ1v) is 13.6. The molecule has 39 heavy (non-hydrogen) atoms. The lowest BCUT2D eigenvalue weighted by molar-refractivity contribution is 0.0955. The molecule has 0 atom stereocenters. The molecule has 1 aliphatic heterocycles. The van der Waals surface area contributed by atoms with Crippen molar-refractivity contribution in [2.75, 3.05) is 26.2 Å². The molecule has 1 aliphatic rings. The normalized spacial score (nSPS) is 14.6. The van der Waals surface area contributed by atoms with Crippen molar-refractivity contribution in [3.05, 3.63) is 124 Å². The van der Waals surface area contributed by atoms with Crippen molar-refractivity contribution in [3.63, 3.8) is 0 Å². The summed E-state index contributed by atoms with van der Waals surface area (Å²) in [5.74, 6) is -0.208. The lowest BCUT2D eigenvalue weighted by Crippen LogP contribution is -2.45. The zero-order chi connectivity index (χ0) is 27.2. The molecule has 0 spiro atoms. The molecule has 1 fully saturated rings. The number of hydrogen-bond donors (Lipinski definition) is 1. The fourth-order valence-corrected chi connectivity index (χ4v) is 5.30. The fraction of sp³-hybridized carbons (Fsp3) is 0.273. The number of benzene rings is 3. The van der Waals surface area contributed by atoms with E-state index in [0.29, 0.717) is 5.56 Å². The van der Waals surface area contributed by atoms with Crippen molar-refractivity contribution in [1.82, 2.24) is 19.8 Å². The third-order valence-electron chi connectivity index (χ3n) is 7.53. The van der Waals surface area contributed by atoms with Gasteiger partial charge in [-0.25, -0.2) is 5.43 Å². The Balaban J connectivity index is 1.12. The fourth-order valence-electron chi connectivity index (χ4n) is 5.30. The second kappa shape index (κ2) is 12.2. The summed E-state index contributed by atoms with van der Waals surface area (Å²) in [4.78, 5) is 17.7. The summed E-state index contributed by atoms with van der Waals surface area (Å²) in [6.07, 6.45) is 1.72. The molecule has 1 aromatic heterocycles. The highest BCUT2D eigenvalue weighted by Crippen LogP contribution is 2.22. The van der Waals surface area contributed by atoms with Crippen LogP contribution < -0.4 is 5.43 Å². The van der Waals surface area contributed by atoms with Crippen LogP contribution in [-0.4, -0.2) is 52.7 Å². The Hall–Kier alpha value is -4.00. The molecule has 0 saturated carbocycles. The van der Waals surface area contributed by atoms with Gasteiger partial charge in [-0.3, -0.25) is 14.6 Å². The predicted octanol–water partition coefficient (Wildman–Crippen LogP) is 5.48. The van der Waals surface area contributed by atoms with Gasteiger partial charge in [0, 0.05) is 67.5 Å². The van der Waals surface area contributed by atoms with Gasteiger partial charge < -0.3 is 4.57 Å². The van der Waals surface area contributed by atoms with Crippen molar-refractivity contribution in [2.45, 2.75) is 33.9 Å². The van der Waals surface area contributed by atoms with E-state index in [0.717, 1.165) is 61.9 Å². The van der Waals surface area contributed by atoms with E-state index in [-0.39, 0.29) is 5.91 Å². The standard InChI is InChI=1S/C33H37N5O/c1-25-9-7-8-12-32(25)38-26(2)21-31(27(38)3)22-34-35-33(39)30-15-13-29(14-16-30)24-37-19-17-36(18-20-37)23-28-10-5-4-6-11-28/h4-16,21-22H,17-20,23-24H2,1-3H3,(H,35,39)/b34-22-. The van der Waals surface area contributed by atoms with Crippen LogP contribution in [0.2, 0.25) is 0 Å². The number of aryl methyl sites for hydroxylation is 2. The van der Waals surface area contributed by atoms with Gasteiger partial charge in [0.25, 0.3) is 5.91 Å². The summed E-state index contributed by atoms with van der Waals surface area (Å²) in [6.45, 7) is 12.4. The molecular formula is C33H37N5O. The SMILES string of the molecule is Cc1ccccc1-n1c(C)cc(/C=N\NC(=O)c2ccc(CN3CCN(Cc4ccccc4)CC3)cc2)c1C. The van der Waals surface area contributed by atoms with E-state index in [1.807, 2.05) is 36.4 Å². The summed E-state index contributed by atoms with van der Waals surface area (Å²) in [5.41, 5.74) is 11.4. The van der Waals surface area contributed by atoms with Crippen LogP contribution in [0.15, 0.2) is 90.0 Å². The Morgan fingerprint density at radius 1 is 0.795 bits per heavy atom. The highest BCUT2D eigenvalue weighted by Gasteiger charge is 2.17. The average molecular weight is 520 g/mol. The van der Waals surface area contributed by atoms with E-state index in [1.54, 1.807) is 6.21 Å². The first-order valence-electron chi connectivity index (χ1n) is 13.6. The third-order valence-corrected chi connectivity index (χ3v) is 7.53. The molecule has 1 N–H and O–H groups in total. The third kappa shape index (κ3) is 6.53. The van der Waals surface area contributed by atoms with Gasteiger partial charge in [0.1, 0.15) is 0 Å². The number of nitrogens with zero attached hydrogens (tertiary/aromatic N) is 4. The summed E-state index contributed by atoms with van der Waals surface area (Å²) in [5, 5.41) is 4.25. The Morgan fingerprint density at radius 3 is 2.03 bits per heavy atom.